The SMILES string of the molecule is CC(C)c1ccccc1Nc1nc2cc(C(=O)Nc3ccc(Br)cc3)ccc2n1C. The molecule has 0 unspecified atom stereocenters. The van der Waals surface area contributed by atoms with Gasteiger partial charge in [0.25, 0.3) is 5.91 Å². The second-order valence-corrected chi connectivity index (χ2v) is 8.44. The van der Waals surface area contributed by atoms with Crippen molar-refractivity contribution in [3.05, 3.63) is 82.3 Å². The summed E-state index contributed by atoms with van der Waals surface area (Å²) in [4.78, 5) is 17.4. The Morgan fingerprint density at radius 1 is 1.03 bits per heavy atom. The van der Waals surface area contributed by atoms with Gasteiger partial charge >= 0.3 is 0 Å². The van der Waals surface area contributed by atoms with Crippen molar-refractivity contribution in [2.24, 2.45) is 7.05 Å². The number of rotatable bonds is 5. The summed E-state index contributed by atoms with van der Waals surface area (Å²) >= 11 is 3.40. The van der Waals surface area contributed by atoms with Crippen molar-refractivity contribution in [1.29, 1.82) is 0 Å². The first-order valence-electron chi connectivity index (χ1n) is 9.81. The van der Waals surface area contributed by atoms with Gasteiger partial charge in [0.15, 0.2) is 0 Å². The van der Waals surface area contributed by atoms with Crippen LogP contribution in [0.25, 0.3) is 11.0 Å². The number of amides is 1. The maximum Gasteiger partial charge on any atom is 0.255 e. The van der Waals surface area contributed by atoms with Crippen LogP contribution in [0.15, 0.2) is 71.2 Å². The number of nitrogens with one attached hydrogen (secondary N) is 2. The number of aryl methyl sites for hydroxylation is 1. The van der Waals surface area contributed by atoms with Crippen LogP contribution in [0.5, 0.6) is 0 Å². The molecule has 2 N–H and O–H groups in total. The molecule has 5 nitrogen and oxygen atoms in total. The van der Waals surface area contributed by atoms with E-state index in [0.717, 1.165) is 32.8 Å². The van der Waals surface area contributed by atoms with Gasteiger partial charge in [-0.1, -0.05) is 48.0 Å². The molecule has 3 aromatic carbocycles. The van der Waals surface area contributed by atoms with Gasteiger partial charge in [0.05, 0.1) is 11.0 Å². The fraction of sp³-hybridized carbons (Fsp3) is 0.167. The number of anilines is 3. The van der Waals surface area contributed by atoms with E-state index >= 15 is 0 Å². The van der Waals surface area contributed by atoms with Gasteiger partial charge in [-0.15, -0.1) is 0 Å². The summed E-state index contributed by atoms with van der Waals surface area (Å²) in [6, 6.07) is 21.3. The van der Waals surface area contributed by atoms with Gasteiger partial charge in [-0.2, -0.15) is 0 Å². The lowest BCUT2D eigenvalue weighted by Gasteiger charge is -2.14. The lowest BCUT2D eigenvalue weighted by molar-refractivity contribution is 0.102. The number of carbonyl (C=O) groups is 1. The summed E-state index contributed by atoms with van der Waals surface area (Å²) in [7, 11) is 1.97. The van der Waals surface area contributed by atoms with E-state index in [-0.39, 0.29) is 5.91 Å². The summed E-state index contributed by atoms with van der Waals surface area (Å²) < 4.78 is 2.97. The standard InChI is InChI=1S/C24H23BrN4O/c1-15(2)19-6-4-5-7-20(19)27-24-28-21-14-16(8-13-22(21)29(24)3)23(30)26-18-11-9-17(25)10-12-18/h4-15H,1-3H3,(H,26,30)(H,27,28). The molecule has 4 aromatic rings. The second-order valence-electron chi connectivity index (χ2n) is 7.53. The van der Waals surface area contributed by atoms with Crippen LogP contribution in [0.2, 0.25) is 0 Å². The first-order chi connectivity index (χ1) is 14.4. The number of aromatic nitrogens is 2. The van der Waals surface area contributed by atoms with Crippen molar-refractivity contribution in [3.63, 3.8) is 0 Å². The lowest BCUT2D eigenvalue weighted by Crippen LogP contribution is -2.11. The van der Waals surface area contributed by atoms with Crippen LogP contribution in [0.4, 0.5) is 17.3 Å². The molecule has 0 aliphatic rings. The summed E-state index contributed by atoms with van der Waals surface area (Å²) in [5.74, 6) is 0.977. The van der Waals surface area contributed by atoms with E-state index in [4.69, 9.17) is 4.98 Å². The van der Waals surface area contributed by atoms with Gasteiger partial charge in [0, 0.05) is 28.5 Å². The van der Waals surface area contributed by atoms with E-state index in [1.54, 1.807) is 0 Å². The molecule has 0 fully saturated rings. The van der Waals surface area contributed by atoms with Crippen LogP contribution in [-0.2, 0) is 7.05 Å². The molecule has 0 bridgehead atoms. The summed E-state index contributed by atoms with van der Waals surface area (Å²) in [5, 5.41) is 6.37. The van der Waals surface area contributed by atoms with E-state index in [0.29, 0.717) is 11.5 Å². The highest BCUT2D eigenvalue weighted by atomic mass is 79.9. The van der Waals surface area contributed by atoms with Gasteiger partial charge in [0.2, 0.25) is 5.95 Å². The van der Waals surface area contributed by atoms with Crippen molar-refractivity contribution in [2.75, 3.05) is 10.6 Å². The largest absolute Gasteiger partial charge is 0.325 e. The Balaban J connectivity index is 1.61. The van der Waals surface area contributed by atoms with Crippen LogP contribution in [-0.4, -0.2) is 15.5 Å². The maximum atomic E-state index is 12.7. The monoisotopic (exact) mass is 462 g/mol. The molecule has 0 spiro atoms. The first kappa shape index (κ1) is 20.2. The van der Waals surface area contributed by atoms with Gasteiger partial charge in [0.1, 0.15) is 0 Å². The number of para-hydroxylation sites is 1. The minimum absolute atomic E-state index is 0.162. The molecule has 4 rings (SSSR count). The first-order valence-corrected chi connectivity index (χ1v) is 10.6. The molecule has 1 heterocycles. The molecule has 1 aromatic heterocycles. The van der Waals surface area contributed by atoms with Gasteiger partial charge in [-0.25, -0.2) is 4.98 Å². The van der Waals surface area contributed by atoms with E-state index in [1.807, 2.05) is 66.2 Å². The zero-order chi connectivity index (χ0) is 21.3. The number of carbonyl (C=O) groups excluding carboxylic acids is 1. The minimum Gasteiger partial charge on any atom is -0.325 e. The quantitative estimate of drug-likeness (QED) is 0.357. The fourth-order valence-corrected chi connectivity index (χ4v) is 3.69. The number of nitrogens with zero attached hydrogens (tertiary/aromatic N) is 2. The molecule has 0 aliphatic carbocycles. The Kier molecular flexibility index (Phi) is 5.59. The molecule has 30 heavy (non-hydrogen) atoms. The highest BCUT2D eigenvalue weighted by Gasteiger charge is 2.14. The van der Waals surface area contributed by atoms with Crippen LogP contribution in [0.3, 0.4) is 0 Å². The van der Waals surface area contributed by atoms with Crippen LogP contribution >= 0.6 is 15.9 Å². The molecular formula is C24H23BrN4O. The number of hydrogen-bond donors (Lipinski definition) is 2. The molecule has 6 heteroatoms. The van der Waals surface area contributed by atoms with Gasteiger partial charge in [-0.3, -0.25) is 4.79 Å². The summed E-state index contributed by atoms with van der Waals surface area (Å²) in [5.41, 5.74) is 5.32. The predicted octanol–water partition coefficient (Wildman–Crippen LogP) is 6.46. The zero-order valence-electron chi connectivity index (χ0n) is 17.1. The minimum atomic E-state index is -0.162. The normalized spacial score (nSPS) is 11.1. The number of hydrogen-bond acceptors (Lipinski definition) is 3. The average molecular weight is 463 g/mol. The third kappa shape index (κ3) is 4.09. The van der Waals surface area contributed by atoms with E-state index in [1.165, 1.54) is 5.56 Å². The van der Waals surface area contributed by atoms with E-state index in [2.05, 4.69) is 52.5 Å². The maximum absolute atomic E-state index is 12.7. The molecule has 0 atom stereocenters. The van der Waals surface area contributed by atoms with Crippen molar-refractivity contribution in [2.45, 2.75) is 19.8 Å². The second kappa shape index (κ2) is 8.32. The van der Waals surface area contributed by atoms with E-state index < -0.39 is 0 Å². The van der Waals surface area contributed by atoms with Crippen LogP contribution in [0.1, 0.15) is 35.7 Å². The highest BCUT2D eigenvalue weighted by molar-refractivity contribution is 9.10. The molecule has 0 saturated heterocycles. The number of fused-ring (bicyclic) bond motifs is 1. The lowest BCUT2D eigenvalue weighted by atomic mass is 10.0. The molecule has 0 aliphatic heterocycles. The summed E-state index contributed by atoms with van der Waals surface area (Å²) in [6.45, 7) is 4.34. The van der Waals surface area contributed by atoms with Crippen LogP contribution in [0, 0.1) is 0 Å². The third-order valence-electron chi connectivity index (χ3n) is 5.07. The topological polar surface area (TPSA) is 59.0 Å². The zero-order valence-corrected chi connectivity index (χ0v) is 18.7. The molecule has 152 valence electrons. The van der Waals surface area contributed by atoms with Gasteiger partial charge in [-0.05, 0) is 60.0 Å². The Hall–Kier alpha value is -3.12. The Bertz CT molecular complexity index is 1210. The molecule has 0 saturated carbocycles. The highest BCUT2D eigenvalue weighted by Crippen LogP contribution is 2.28. The molecule has 1 amide bonds. The van der Waals surface area contributed by atoms with Crippen molar-refractivity contribution < 1.29 is 4.79 Å². The van der Waals surface area contributed by atoms with E-state index in [9.17, 15) is 4.79 Å². The van der Waals surface area contributed by atoms with Crippen molar-refractivity contribution in [1.82, 2.24) is 9.55 Å². The average Bonchev–Trinajstić information content (AvgIpc) is 3.04. The number of benzene rings is 3. The predicted molar refractivity (Wildman–Crippen MR) is 127 cm³/mol. The molecule has 0 radical (unpaired) electrons. The Morgan fingerprint density at radius 2 is 1.77 bits per heavy atom. The smallest absolute Gasteiger partial charge is 0.255 e. The third-order valence-corrected chi connectivity index (χ3v) is 5.60. The number of halogens is 1. The Morgan fingerprint density at radius 3 is 2.50 bits per heavy atom. The van der Waals surface area contributed by atoms with Crippen molar-refractivity contribution in [3.8, 4) is 0 Å². The fourth-order valence-electron chi connectivity index (χ4n) is 3.42. The number of imidazole rings is 1. The van der Waals surface area contributed by atoms with Crippen LogP contribution < -0.4 is 10.6 Å². The molecular weight excluding hydrogens is 440 g/mol. The van der Waals surface area contributed by atoms with Gasteiger partial charge < -0.3 is 15.2 Å². The summed E-state index contributed by atoms with van der Waals surface area (Å²) in [6.07, 6.45) is 0. The van der Waals surface area contributed by atoms with Crippen molar-refractivity contribution >= 4 is 50.2 Å². The Labute approximate surface area is 184 Å².